The van der Waals surface area contributed by atoms with Crippen LogP contribution in [0.5, 0.6) is 0 Å². The Kier molecular flexibility index (Phi) is 3.46. The SMILES string of the molecule is O=C(O)NC[C@@H](C1CCCCC1)[C@H]1CO1. The monoisotopic (exact) mass is 213 g/mol. The summed E-state index contributed by atoms with van der Waals surface area (Å²) in [6.07, 6.45) is 5.80. The molecule has 0 unspecified atom stereocenters. The molecule has 1 saturated carbocycles. The molecular weight excluding hydrogens is 194 g/mol. The molecule has 15 heavy (non-hydrogen) atoms. The summed E-state index contributed by atoms with van der Waals surface area (Å²) in [6, 6.07) is 0. The molecule has 1 aliphatic heterocycles. The fourth-order valence-electron chi connectivity index (χ4n) is 2.67. The molecule has 0 spiro atoms. The van der Waals surface area contributed by atoms with E-state index in [0.29, 0.717) is 24.5 Å². The van der Waals surface area contributed by atoms with Gasteiger partial charge in [-0.3, -0.25) is 0 Å². The lowest BCUT2D eigenvalue weighted by atomic mass is 9.78. The van der Waals surface area contributed by atoms with Crippen LogP contribution in [0.2, 0.25) is 0 Å². The topological polar surface area (TPSA) is 61.9 Å². The normalized spacial score (nSPS) is 28.4. The standard InChI is InChI=1S/C11H19NO3/c13-11(14)12-6-9(10-7-15-10)8-4-2-1-3-5-8/h8-10,12H,1-7H2,(H,13,14)/t9-,10+/m0/s1. The van der Waals surface area contributed by atoms with E-state index in [1.807, 2.05) is 0 Å². The van der Waals surface area contributed by atoms with Crippen molar-refractivity contribution in [2.75, 3.05) is 13.2 Å². The maximum atomic E-state index is 10.5. The molecule has 0 aromatic carbocycles. The second-order valence-electron chi connectivity index (χ2n) is 4.62. The summed E-state index contributed by atoms with van der Waals surface area (Å²) in [6.45, 7) is 1.38. The van der Waals surface area contributed by atoms with Crippen molar-refractivity contribution in [1.82, 2.24) is 5.32 Å². The van der Waals surface area contributed by atoms with E-state index in [0.717, 1.165) is 6.61 Å². The maximum absolute atomic E-state index is 10.5. The first-order valence-electron chi connectivity index (χ1n) is 5.86. The summed E-state index contributed by atoms with van der Waals surface area (Å²) in [7, 11) is 0. The number of amides is 1. The van der Waals surface area contributed by atoms with Crippen LogP contribution in [0.3, 0.4) is 0 Å². The predicted molar refractivity (Wildman–Crippen MR) is 55.8 cm³/mol. The van der Waals surface area contributed by atoms with Crippen LogP contribution in [0, 0.1) is 11.8 Å². The van der Waals surface area contributed by atoms with E-state index in [1.54, 1.807) is 0 Å². The van der Waals surface area contributed by atoms with Crippen molar-refractivity contribution in [2.24, 2.45) is 11.8 Å². The summed E-state index contributed by atoms with van der Waals surface area (Å²) in [5.74, 6) is 1.07. The molecule has 0 bridgehead atoms. The maximum Gasteiger partial charge on any atom is 0.404 e. The molecule has 86 valence electrons. The third-order valence-corrected chi connectivity index (χ3v) is 3.58. The number of carbonyl (C=O) groups is 1. The molecule has 2 N–H and O–H groups in total. The largest absolute Gasteiger partial charge is 0.465 e. The van der Waals surface area contributed by atoms with Gasteiger partial charge >= 0.3 is 6.09 Å². The Balaban J connectivity index is 1.83. The van der Waals surface area contributed by atoms with Gasteiger partial charge in [-0.25, -0.2) is 4.79 Å². The van der Waals surface area contributed by atoms with Gasteiger partial charge in [0.15, 0.2) is 0 Å². The van der Waals surface area contributed by atoms with Crippen LogP contribution in [-0.4, -0.2) is 30.5 Å². The number of rotatable bonds is 4. The van der Waals surface area contributed by atoms with Crippen LogP contribution in [-0.2, 0) is 4.74 Å². The second kappa shape index (κ2) is 4.84. The molecule has 2 rings (SSSR count). The van der Waals surface area contributed by atoms with Gasteiger partial charge in [0.25, 0.3) is 0 Å². The van der Waals surface area contributed by atoms with Gasteiger partial charge in [-0.1, -0.05) is 32.1 Å². The Bertz CT molecular complexity index is 222. The number of ether oxygens (including phenoxy) is 1. The van der Waals surface area contributed by atoms with Gasteiger partial charge in [-0.15, -0.1) is 0 Å². The van der Waals surface area contributed by atoms with Crippen molar-refractivity contribution < 1.29 is 14.6 Å². The molecule has 1 saturated heterocycles. The van der Waals surface area contributed by atoms with E-state index in [-0.39, 0.29) is 0 Å². The number of hydrogen-bond acceptors (Lipinski definition) is 2. The smallest absolute Gasteiger partial charge is 0.404 e. The van der Waals surface area contributed by atoms with Gasteiger partial charge in [0, 0.05) is 12.5 Å². The highest BCUT2D eigenvalue weighted by Crippen LogP contribution is 2.36. The number of hydrogen-bond donors (Lipinski definition) is 2. The average molecular weight is 213 g/mol. The van der Waals surface area contributed by atoms with E-state index in [1.165, 1.54) is 32.1 Å². The van der Waals surface area contributed by atoms with Crippen molar-refractivity contribution in [3.05, 3.63) is 0 Å². The van der Waals surface area contributed by atoms with Gasteiger partial charge in [-0.05, 0) is 5.92 Å². The van der Waals surface area contributed by atoms with Crippen LogP contribution in [0.15, 0.2) is 0 Å². The van der Waals surface area contributed by atoms with E-state index in [4.69, 9.17) is 9.84 Å². The first-order chi connectivity index (χ1) is 7.27. The van der Waals surface area contributed by atoms with E-state index in [2.05, 4.69) is 5.32 Å². The first kappa shape index (κ1) is 10.7. The quantitative estimate of drug-likeness (QED) is 0.700. The van der Waals surface area contributed by atoms with E-state index >= 15 is 0 Å². The van der Waals surface area contributed by atoms with Crippen LogP contribution < -0.4 is 5.32 Å². The van der Waals surface area contributed by atoms with Crippen LogP contribution in [0.4, 0.5) is 4.79 Å². The molecule has 2 atom stereocenters. The van der Waals surface area contributed by atoms with Crippen LogP contribution in [0.1, 0.15) is 32.1 Å². The minimum Gasteiger partial charge on any atom is -0.465 e. The molecule has 4 heteroatoms. The molecule has 4 nitrogen and oxygen atoms in total. The highest BCUT2D eigenvalue weighted by Gasteiger charge is 2.38. The number of carboxylic acid groups (broad SMARTS) is 1. The number of epoxide rings is 1. The second-order valence-corrected chi connectivity index (χ2v) is 4.62. The molecule has 1 amide bonds. The Hall–Kier alpha value is -0.770. The van der Waals surface area contributed by atoms with Crippen molar-refractivity contribution in [1.29, 1.82) is 0 Å². The van der Waals surface area contributed by atoms with Crippen LogP contribution >= 0.6 is 0 Å². The fraction of sp³-hybridized carbons (Fsp3) is 0.909. The highest BCUT2D eigenvalue weighted by molar-refractivity contribution is 5.64. The zero-order chi connectivity index (χ0) is 10.7. The van der Waals surface area contributed by atoms with Gasteiger partial charge in [0.05, 0.1) is 12.7 Å². The van der Waals surface area contributed by atoms with Gasteiger partial charge in [0.1, 0.15) is 0 Å². The zero-order valence-electron chi connectivity index (χ0n) is 8.95. The van der Waals surface area contributed by atoms with Crippen molar-refractivity contribution >= 4 is 6.09 Å². The summed E-state index contributed by atoms with van der Waals surface area (Å²) in [4.78, 5) is 10.5. The number of nitrogens with one attached hydrogen (secondary N) is 1. The molecule has 2 aliphatic rings. The molecule has 0 aromatic rings. The average Bonchev–Trinajstić information content (AvgIpc) is 3.03. The van der Waals surface area contributed by atoms with Gasteiger partial charge in [-0.2, -0.15) is 0 Å². The Morgan fingerprint density at radius 1 is 1.40 bits per heavy atom. The Labute approximate surface area is 90.0 Å². The van der Waals surface area contributed by atoms with Crippen molar-refractivity contribution in [3.8, 4) is 0 Å². The van der Waals surface area contributed by atoms with Crippen LogP contribution in [0.25, 0.3) is 0 Å². The lowest BCUT2D eigenvalue weighted by Crippen LogP contribution is -2.35. The summed E-state index contributed by atoms with van der Waals surface area (Å²) >= 11 is 0. The third-order valence-electron chi connectivity index (χ3n) is 3.58. The zero-order valence-corrected chi connectivity index (χ0v) is 8.95. The molecule has 0 aromatic heterocycles. The lowest BCUT2D eigenvalue weighted by Gasteiger charge is -2.29. The molecule has 0 radical (unpaired) electrons. The Morgan fingerprint density at radius 2 is 2.07 bits per heavy atom. The highest BCUT2D eigenvalue weighted by atomic mass is 16.6. The first-order valence-corrected chi connectivity index (χ1v) is 5.86. The third kappa shape index (κ3) is 3.09. The van der Waals surface area contributed by atoms with Gasteiger partial charge < -0.3 is 15.2 Å². The summed E-state index contributed by atoms with van der Waals surface area (Å²) in [5, 5.41) is 11.1. The molecular formula is C11H19NO3. The van der Waals surface area contributed by atoms with Crippen molar-refractivity contribution in [2.45, 2.75) is 38.2 Å². The van der Waals surface area contributed by atoms with Gasteiger partial charge in [0.2, 0.25) is 0 Å². The van der Waals surface area contributed by atoms with E-state index in [9.17, 15) is 4.79 Å². The minimum atomic E-state index is -0.920. The molecule has 1 aliphatic carbocycles. The summed E-state index contributed by atoms with van der Waals surface area (Å²) < 4.78 is 5.32. The fourth-order valence-corrected chi connectivity index (χ4v) is 2.67. The molecule has 2 fully saturated rings. The minimum absolute atomic E-state index is 0.319. The van der Waals surface area contributed by atoms with Crippen molar-refractivity contribution in [3.63, 3.8) is 0 Å². The predicted octanol–water partition coefficient (Wildman–Crippen LogP) is 1.85. The lowest BCUT2D eigenvalue weighted by molar-refractivity contribution is 0.172. The summed E-state index contributed by atoms with van der Waals surface area (Å²) in [5.41, 5.74) is 0. The Morgan fingerprint density at radius 3 is 2.60 bits per heavy atom. The molecule has 1 heterocycles. The van der Waals surface area contributed by atoms with E-state index < -0.39 is 6.09 Å².